The highest BCUT2D eigenvalue weighted by Gasteiger charge is 2.42. The third kappa shape index (κ3) is 3.50. The third-order valence-electron chi connectivity index (χ3n) is 4.87. The molecule has 0 aromatic carbocycles. The number of rotatable bonds is 3. The van der Waals surface area contributed by atoms with E-state index in [1.165, 1.54) is 22.7 Å². The van der Waals surface area contributed by atoms with Crippen molar-refractivity contribution in [1.29, 1.82) is 0 Å². The van der Waals surface area contributed by atoms with E-state index in [4.69, 9.17) is 0 Å². The van der Waals surface area contributed by atoms with Gasteiger partial charge in [-0.2, -0.15) is 17.4 Å². The van der Waals surface area contributed by atoms with Gasteiger partial charge in [0.05, 0.1) is 6.04 Å². The van der Waals surface area contributed by atoms with Gasteiger partial charge in [0, 0.05) is 38.1 Å². The molecule has 2 atom stereocenters. The van der Waals surface area contributed by atoms with Crippen LogP contribution in [-0.4, -0.2) is 74.2 Å². The molecule has 3 rings (SSSR count). The lowest BCUT2D eigenvalue weighted by molar-refractivity contribution is -0.137. The van der Waals surface area contributed by atoms with Crippen LogP contribution in [-0.2, 0) is 15.0 Å². The van der Waals surface area contributed by atoms with Crippen LogP contribution in [0.2, 0.25) is 0 Å². The average Bonchev–Trinajstić information content (AvgIpc) is 3.11. The molecule has 9 heteroatoms. The largest absolute Gasteiger partial charge is 0.339 e. The van der Waals surface area contributed by atoms with Gasteiger partial charge < -0.3 is 9.80 Å². The van der Waals surface area contributed by atoms with E-state index in [-0.39, 0.29) is 11.9 Å². The molecule has 134 valence electrons. The number of hydrogen-bond donors (Lipinski definition) is 1. The highest BCUT2D eigenvalue weighted by atomic mass is 32.2. The molecule has 2 saturated heterocycles. The van der Waals surface area contributed by atoms with Crippen molar-refractivity contribution < 1.29 is 13.2 Å². The summed E-state index contributed by atoms with van der Waals surface area (Å²) in [5.41, 5.74) is 0. The molecule has 2 aliphatic heterocycles. The minimum atomic E-state index is -3.65. The Hall–Kier alpha value is -1.00. The van der Waals surface area contributed by atoms with Crippen LogP contribution in [0.5, 0.6) is 0 Å². The van der Waals surface area contributed by atoms with E-state index in [0.29, 0.717) is 19.5 Å². The summed E-state index contributed by atoms with van der Waals surface area (Å²) in [6.45, 7) is 6.10. The maximum Gasteiger partial charge on any atom is 0.280 e. The summed E-state index contributed by atoms with van der Waals surface area (Å²) in [4.78, 5) is 18.0. The normalized spacial score (nSPS) is 28.8. The van der Waals surface area contributed by atoms with Crippen molar-refractivity contribution in [2.45, 2.75) is 25.4 Å². The lowest BCUT2D eigenvalue weighted by atomic mass is 10.0. The highest BCUT2D eigenvalue weighted by molar-refractivity contribution is 7.87. The molecule has 1 amide bonds. The van der Waals surface area contributed by atoms with E-state index in [1.54, 1.807) is 4.90 Å². The standard InChI is InChI=1S/C15H24N4O3S2/c1-3-18-6-8-19(9-7-18)15(20)13-11-12(14-5-4-10-23-14)16-24(21,22)17(13)2/h4-5,10,12-13,16H,3,6-9,11H2,1-2H3/t12-,13+/m0/s1. The van der Waals surface area contributed by atoms with Gasteiger partial charge in [-0.05, 0) is 24.4 Å². The zero-order valence-corrected chi connectivity index (χ0v) is 15.6. The Bertz CT molecular complexity index is 669. The molecule has 2 fully saturated rings. The molecule has 1 aromatic rings. The second kappa shape index (κ2) is 7.09. The molecule has 0 bridgehead atoms. The summed E-state index contributed by atoms with van der Waals surface area (Å²) >= 11 is 1.51. The van der Waals surface area contributed by atoms with E-state index in [0.717, 1.165) is 24.5 Å². The number of likely N-dealkylation sites (N-methyl/N-ethyl adjacent to an activating group) is 2. The first kappa shape index (κ1) is 17.8. The predicted octanol–water partition coefficient (Wildman–Crippen LogP) is 0.492. The monoisotopic (exact) mass is 372 g/mol. The van der Waals surface area contributed by atoms with Crippen LogP contribution in [0.3, 0.4) is 0 Å². The average molecular weight is 373 g/mol. The molecule has 0 aliphatic carbocycles. The van der Waals surface area contributed by atoms with Gasteiger partial charge in [-0.3, -0.25) is 4.79 Å². The number of carbonyl (C=O) groups is 1. The summed E-state index contributed by atoms with van der Waals surface area (Å²) in [5.74, 6) is -0.0834. The number of amides is 1. The number of piperazine rings is 1. The van der Waals surface area contributed by atoms with Crippen molar-refractivity contribution in [2.75, 3.05) is 39.8 Å². The van der Waals surface area contributed by atoms with Crippen LogP contribution in [0, 0.1) is 0 Å². The molecular weight excluding hydrogens is 348 g/mol. The Labute approximate surface area is 147 Å². The van der Waals surface area contributed by atoms with Gasteiger partial charge in [0.2, 0.25) is 5.91 Å². The minimum absolute atomic E-state index is 0.0834. The molecule has 24 heavy (non-hydrogen) atoms. The van der Waals surface area contributed by atoms with Crippen molar-refractivity contribution in [3.63, 3.8) is 0 Å². The number of nitrogens with one attached hydrogen (secondary N) is 1. The van der Waals surface area contributed by atoms with Gasteiger partial charge in [0.15, 0.2) is 0 Å². The van der Waals surface area contributed by atoms with E-state index in [1.807, 2.05) is 17.5 Å². The maximum absolute atomic E-state index is 12.9. The van der Waals surface area contributed by atoms with Crippen molar-refractivity contribution in [2.24, 2.45) is 0 Å². The van der Waals surface area contributed by atoms with Gasteiger partial charge in [-0.15, -0.1) is 11.3 Å². The zero-order chi connectivity index (χ0) is 17.3. The maximum atomic E-state index is 12.9. The topological polar surface area (TPSA) is 73.0 Å². The lowest BCUT2D eigenvalue weighted by Gasteiger charge is -2.40. The quantitative estimate of drug-likeness (QED) is 0.838. The van der Waals surface area contributed by atoms with E-state index < -0.39 is 16.3 Å². The van der Waals surface area contributed by atoms with Crippen molar-refractivity contribution in [3.8, 4) is 0 Å². The fourth-order valence-corrected chi connectivity index (χ4v) is 5.39. The Morgan fingerprint density at radius 3 is 2.62 bits per heavy atom. The van der Waals surface area contributed by atoms with E-state index in [9.17, 15) is 13.2 Å². The first-order valence-electron chi connectivity index (χ1n) is 8.22. The number of nitrogens with zero attached hydrogens (tertiary/aromatic N) is 3. The highest BCUT2D eigenvalue weighted by Crippen LogP contribution is 2.31. The lowest BCUT2D eigenvalue weighted by Crippen LogP contribution is -2.60. The number of thiophene rings is 1. The molecular formula is C15H24N4O3S2. The van der Waals surface area contributed by atoms with E-state index in [2.05, 4.69) is 16.5 Å². The minimum Gasteiger partial charge on any atom is -0.339 e. The summed E-state index contributed by atoms with van der Waals surface area (Å²) < 4.78 is 28.7. The second-order valence-corrected chi connectivity index (χ2v) is 8.96. The van der Waals surface area contributed by atoms with Gasteiger partial charge in [-0.25, -0.2) is 0 Å². The second-order valence-electron chi connectivity index (χ2n) is 6.22. The number of hydrogen-bond acceptors (Lipinski definition) is 5. The Balaban J connectivity index is 1.76. The summed E-state index contributed by atoms with van der Waals surface area (Å²) in [5, 5.41) is 1.92. The van der Waals surface area contributed by atoms with Crippen LogP contribution in [0.15, 0.2) is 17.5 Å². The van der Waals surface area contributed by atoms with Crippen molar-refractivity contribution >= 4 is 27.5 Å². The van der Waals surface area contributed by atoms with Gasteiger partial charge >= 0.3 is 0 Å². The zero-order valence-electron chi connectivity index (χ0n) is 14.0. The van der Waals surface area contributed by atoms with Crippen LogP contribution in [0.25, 0.3) is 0 Å². The molecule has 7 nitrogen and oxygen atoms in total. The van der Waals surface area contributed by atoms with Crippen molar-refractivity contribution in [1.82, 2.24) is 18.8 Å². The SMILES string of the molecule is CCN1CCN(C(=O)[C@H]2C[C@@H](c3cccs3)NS(=O)(=O)N2C)CC1. The fourth-order valence-electron chi connectivity index (χ4n) is 3.27. The summed E-state index contributed by atoms with van der Waals surface area (Å²) in [6, 6.07) is 2.83. The Morgan fingerprint density at radius 2 is 2.04 bits per heavy atom. The first-order valence-corrected chi connectivity index (χ1v) is 10.5. The predicted molar refractivity (Wildman–Crippen MR) is 94.0 cm³/mol. The molecule has 2 aliphatic rings. The Morgan fingerprint density at radius 1 is 1.33 bits per heavy atom. The first-order chi connectivity index (χ1) is 11.4. The molecule has 1 aromatic heterocycles. The molecule has 1 N–H and O–H groups in total. The van der Waals surface area contributed by atoms with Crippen LogP contribution >= 0.6 is 11.3 Å². The van der Waals surface area contributed by atoms with Crippen LogP contribution in [0.1, 0.15) is 24.3 Å². The summed E-state index contributed by atoms with van der Waals surface area (Å²) in [6.07, 6.45) is 0.461. The smallest absolute Gasteiger partial charge is 0.280 e. The van der Waals surface area contributed by atoms with Crippen LogP contribution < -0.4 is 4.72 Å². The van der Waals surface area contributed by atoms with Crippen LogP contribution in [0.4, 0.5) is 0 Å². The summed E-state index contributed by atoms with van der Waals surface area (Å²) in [7, 11) is -2.17. The number of carbonyl (C=O) groups excluding carboxylic acids is 1. The van der Waals surface area contributed by atoms with Crippen molar-refractivity contribution in [3.05, 3.63) is 22.4 Å². The van der Waals surface area contributed by atoms with Gasteiger partial charge in [0.25, 0.3) is 10.2 Å². The fraction of sp³-hybridized carbons (Fsp3) is 0.667. The van der Waals surface area contributed by atoms with Gasteiger partial charge in [0.1, 0.15) is 6.04 Å². The Kier molecular flexibility index (Phi) is 5.26. The molecule has 0 saturated carbocycles. The van der Waals surface area contributed by atoms with Gasteiger partial charge in [-0.1, -0.05) is 13.0 Å². The molecule has 0 unspecified atom stereocenters. The molecule has 0 radical (unpaired) electrons. The molecule has 0 spiro atoms. The van der Waals surface area contributed by atoms with E-state index >= 15 is 0 Å². The molecule has 3 heterocycles. The third-order valence-corrected chi connectivity index (χ3v) is 7.45.